The van der Waals surface area contributed by atoms with E-state index in [4.69, 9.17) is 0 Å². The van der Waals surface area contributed by atoms with E-state index in [1.165, 1.54) is 0 Å². The van der Waals surface area contributed by atoms with Crippen molar-refractivity contribution < 1.29 is 4.79 Å². The van der Waals surface area contributed by atoms with E-state index in [-0.39, 0.29) is 11.6 Å². The fraction of sp³-hybridized carbons (Fsp3) is 0.150. The molecular weight excluding hydrogens is 342 g/mol. The van der Waals surface area contributed by atoms with E-state index in [0.717, 1.165) is 36.2 Å². The molecule has 0 radical (unpaired) electrons. The summed E-state index contributed by atoms with van der Waals surface area (Å²) < 4.78 is 1.88. The zero-order chi connectivity index (χ0) is 18.4. The number of carbonyl (C=O) groups excluding carboxylic acids is 1. The Kier molecular flexibility index (Phi) is 3.46. The van der Waals surface area contributed by atoms with Crippen molar-refractivity contribution in [3.63, 3.8) is 0 Å². The van der Waals surface area contributed by atoms with Crippen molar-refractivity contribution in [2.75, 3.05) is 5.32 Å². The number of hydrogen-bond donors (Lipinski definition) is 3. The number of benzene rings is 2. The molecule has 0 spiro atoms. The van der Waals surface area contributed by atoms with Crippen LogP contribution in [0.4, 0.5) is 5.69 Å². The topological polar surface area (TPSA) is 95.6 Å². The SMILES string of the molecule is O=C(Nc1ccc2[nH]c(=O)[nH]c2c1)c1nn(-c2ccccc2)c2c1CCC2. The summed E-state index contributed by atoms with van der Waals surface area (Å²) in [6.45, 7) is 0. The smallest absolute Gasteiger partial charge is 0.321 e. The van der Waals surface area contributed by atoms with Crippen LogP contribution in [0.3, 0.4) is 0 Å². The van der Waals surface area contributed by atoms with Gasteiger partial charge in [-0.1, -0.05) is 18.2 Å². The second-order valence-corrected chi connectivity index (χ2v) is 6.67. The fourth-order valence-corrected chi connectivity index (χ4v) is 3.70. The summed E-state index contributed by atoms with van der Waals surface area (Å²) in [5, 5.41) is 7.51. The third-order valence-electron chi connectivity index (χ3n) is 4.92. The largest absolute Gasteiger partial charge is 0.323 e. The summed E-state index contributed by atoms with van der Waals surface area (Å²) in [5.41, 5.74) is 5.25. The molecule has 0 aliphatic heterocycles. The van der Waals surface area contributed by atoms with Gasteiger partial charge >= 0.3 is 5.69 Å². The Morgan fingerprint density at radius 3 is 2.70 bits per heavy atom. The highest BCUT2D eigenvalue weighted by Gasteiger charge is 2.27. The van der Waals surface area contributed by atoms with Gasteiger partial charge in [0, 0.05) is 16.9 Å². The normalized spacial score (nSPS) is 13.0. The average Bonchev–Trinajstić information content (AvgIpc) is 3.35. The lowest BCUT2D eigenvalue weighted by molar-refractivity contribution is 0.102. The molecule has 7 heteroatoms. The molecule has 1 aliphatic carbocycles. The summed E-state index contributed by atoms with van der Waals surface area (Å²) in [5.74, 6) is -0.236. The first-order chi connectivity index (χ1) is 13.2. The standard InChI is InChI=1S/C20H17N5O2/c26-19(21-12-9-10-15-16(11-12)23-20(27)22-15)18-14-7-4-8-17(14)25(24-18)13-5-2-1-3-6-13/h1-3,5-6,9-11H,4,7-8H2,(H,21,26)(H2,22,23,27). The Morgan fingerprint density at radius 2 is 1.85 bits per heavy atom. The molecule has 7 nitrogen and oxygen atoms in total. The van der Waals surface area contributed by atoms with Gasteiger partial charge in [0.1, 0.15) is 0 Å². The van der Waals surface area contributed by atoms with Gasteiger partial charge in [-0.05, 0) is 49.6 Å². The first kappa shape index (κ1) is 15.6. The highest BCUT2D eigenvalue weighted by atomic mass is 16.2. The fourth-order valence-electron chi connectivity index (χ4n) is 3.70. The van der Waals surface area contributed by atoms with Crippen LogP contribution in [-0.4, -0.2) is 25.7 Å². The number of H-pyrrole nitrogens is 2. The Labute approximate surface area is 154 Å². The molecule has 4 aromatic rings. The zero-order valence-electron chi connectivity index (χ0n) is 14.5. The van der Waals surface area contributed by atoms with Crippen LogP contribution in [0.15, 0.2) is 53.3 Å². The van der Waals surface area contributed by atoms with E-state index in [1.807, 2.05) is 35.0 Å². The maximum absolute atomic E-state index is 12.9. The number of amides is 1. The Balaban J connectivity index is 1.50. The number of nitrogens with one attached hydrogen (secondary N) is 3. The van der Waals surface area contributed by atoms with Crippen molar-refractivity contribution >= 4 is 22.6 Å². The number of fused-ring (bicyclic) bond motifs is 2. The van der Waals surface area contributed by atoms with Gasteiger partial charge < -0.3 is 15.3 Å². The summed E-state index contributed by atoms with van der Waals surface area (Å²) in [6.07, 6.45) is 2.80. The molecule has 2 aromatic carbocycles. The second kappa shape index (κ2) is 5.98. The van der Waals surface area contributed by atoms with Gasteiger partial charge in [-0.25, -0.2) is 9.48 Å². The van der Waals surface area contributed by atoms with Gasteiger partial charge in [-0.3, -0.25) is 4.79 Å². The predicted octanol–water partition coefficient (Wildman–Crippen LogP) is 2.78. The molecule has 5 rings (SSSR count). The van der Waals surface area contributed by atoms with Gasteiger partial charge in [0.15, 0.2) is 5.69 Å². The zero-order valence-corrected chi connectivity index (χ0v) is 14.5. The van der Waals surface area contributed by atoms with Crippen LogP contribution in [-0.2, 0) is 12.8 Å². The molecule has 1 amide bonds. The van der Waals surface area contributed by atoms with Crippen molar-refractivity contribution in [1.82, 2.24) is 19.7 Å². The molecule has 3 N–H and O–H groups in total. The quantitative estimate of drug-likeness (QED) is 0.525. The third kappa shape index (κ3) is 2.64. The lowest BCUT2D eigenvalue weighted by Gasteiger charge is -2.05. The van der Waals surface area contributed by atoms with Crippen molar-refractivity contribution in [2.45, 2.75) is 19.3 Å². The first-order valence-electron chi connectivity index (χ1n) is 8.88. The van der Waals surface area contributed by atoms with Crippen LogP contribution in [0.25, 0.3) is 16.7 Å². The number of aromatic amines is 2. The van der Waals surface area contributed by atoms with Gasteiger partial charge in [0.25, 0.3) is 5.91 Å². The number of aromatic nitrogens is 4. The average molecular weight is 359 g/mol. The predicted molar refractivity (Wildman–Crippen MR) is 102 cm³/mol. The van der Waals surface area contributed by atoms with Crippen molar-refractivity contribution in [3.05, 3.63) is 76.0 Å². The van der Waals surface area contributed by atoms with Crippen LogP contribution >= 0.6 is 0 Å². The number of imidazole rings is 1. The third-order valence-corrected chi connectivity index (χ3v) is 4.92. The lowest BCUT2D eigenvalue weighted by atomic mass is 10.2. The molecule has 27 heavy (non-hydrogen) atoms. The number of rotatable bonds is 3. The molecule has 1 aliphatic rings. The van der Waals surface area contributed by atoms with E-state index in [2.05, 4.69) is 20.4 Å². The molecule has 0 unspecified atom stereocenters. The van der Waals surface area contributed by atoms with Crippen LogP contribution in [0.2, 0.25) is 0 Å². The van der Waals surface area contributed by atoms with Crippen molar-refractivity contribution in [2.24, 2.45) is 0 Å². The minimum absolute atomic E-state index is 0.236. The number of hydrogen-bond acceptors (Lipinski definition) is 3. The Hall–Kier alpha value is -3.61. The van der Waals surface area contributed by atoms with Gasteiger partial charge in [0.2, 0.25) is 0 Å². The van der Waals surface area contributed by atoms with E-state index < -0.39 is 0 Å². The molecule has 134 valence electrons. The van der Waals surface area contributed by atoms with E-state index in [0.29, 0.717) is 22.4 Å². The van der Waals surface area contributed by atoms with Crippen LogP contribution in [0.5, 0.6) is 0 Å². The molecule has 2 heterocycles. The number of nitrogens with zero attached hydrogens (tertiary/aromatic N) is 2. The minimum atomic E-state index is -0.270. The van der Waals surface area contributed by atoms with Gasteiger partial charge in [0.05, 0.1) is 16.7 Å². The highest BCUT2D eigenvalue weighted by Crippen LogP contribution is 2.28. The molecule has 0 fully saturated rings. The Morgan fingerprint density at radius 1 is 1.04 bits per heavy atom. The van der Waals surface area contributed by atoms with Gasteiger partial charge in [-0.15, -0.1) is 0 Å². The molecule has 0 bridgehead atoms. The van der Waals surface area contributed by atoms with Crippen LogP contribution < -0.4 is 11.0 Å². The molecule has 2 aromatic heterocycles. The molecule has 0 saturated heterocycles. The van der Waals surface area contributed by atoms with Gasteiger partial charge in [-0.2, -0.15) is 5.10 Å². The van der Waals surface area contributed by atoms with Crippen molar-refractivity contribution in [3.8, 4) is 5.69 Å². The molecular formula is C20H17N5O2. The van der Waals surface area contributed by atoms with E-state index >= 15 is 0 Å². The summed E-state index contributed by atoms with van der Waals surface area (Å²) in [4.78, 5) is 29.7. The summed E-state index contributed by atoms with van der Waals surface area (Å²) in [7, 11) is 0. The second-order valence-electron chi connectivity index (χ2n) is 6.67. The van der Waals surface area contributed by atoms with Crippen LogP contribution in [0, 0.1) is 0 Å². The molecule has 0 saturated carbocycles. The van der Waals surface area contributed by atoms with Crippen molar-refractivity contribution in [1.29, 1.82) is 0 Å². The number of carbonyl (C=O) groups is 1. The van der Waals surface area contributed by atoms with E-state index in [1.54, 1.807) is 18.2 Å². The van der Waals surface area contributed by atoms with E-state index in [9.17, 15) is 9.59 Å². The number of anilines is 1. The monoisotopic (exact) mass is 359 g/mol. The molecule has 0 atom stereocenters. The highest BCUT2D eigenvalue weighted by molar-refractivity contribution is 6.04. The maximum atomic E-state index is 12.9. The Bertz CT molecular complexity index is 1220. The lowest BCUT2D eigenvalue weighted by Crippen LogP contribution is -2.15. The number of para-hydroxylation sites is 1. The summed E-state index contributed by atoms with van der Waals surface area (Å²) in [6, 6.07) is 15.1. The minimum Gasteiger partial charge on any atom is -0.321 e. The van der Waals surface area contributed by atoms with Crippen LogP contribution in [0.1, 0.15) is 28.2 Å². The first-order valence-corrected chi connectivity index (χ1v) is 8.88. The maximum Gasteiger partial charge on any atom is 0.323 e. The summed E-state index contributed by atoms with van der Waals surface area (Å²) >= 11 is 0.